The number of amides is 4. The first kappa shape index (κ1) is 84.7. The molecule has 12 fully saturated rings. The summed E-state index contributed by atoms with van der Waals surface area (Å²) in [7, 11) is 0. The van der Waals surface area contributed by atoms with Crippen molar-refractivity contribution in [3.8, 4) is 69.2 Å². The number of carbonyl (C=O) groups is 4. The van der Waals surface area contributed by atoms with Crippen LogP contribution in [0.4, 0.5) is 4.39 Å². The molecular formula is C92H86Br4FN19O8. The van der Waals surface area contributed by atoms with E-state index in [1.165, 1.54) is 0 Å². The molecule has 27 nitrogen and oxygen atoms in total. The number of benzene rings is 1. The van der Waals surface area contributed by atoms with Crippen molar-refractivity contribution >= 4 is 87.3 Å². The minimum absolute atomic E-state index is 0.00408. The molecule has 19 heterocycles. The van der Waals surface area contributed by atoms with Crippen molar-refractivity contribution in [3.05, 3.63) is 265 Å². The number of halogens is 5. The standard InChI is InChI=1S/C23H20BrFN4O2.3C23H22BrN5O2/c24-15-6-8-21(26-10-15)31-20-9-14-5-7-19(20)29(13-14)23(30)18-4-2-1-3-17(18)22-27-11-16(25)12-28-22;1-14-3-6-17(22-25-9-2-10-26-22)21(28-14)23(30)29-13-15-4-7-18(29)19(11-15)31-20-8-5-16(24)12-27-20;1-14-9-17(21(28-11-14)22-25-7-2-8-26-22)23(30)29-13-15-3-5-18(29)19(10-15)31-20-6-4-16(24)12-27-20;1-14-9-17(22-25-7-2-8-26-22)21(28-11-14)23(30)29-13-15-3-5-18(29)19(10-15)31-20-6-4-16(24)12-27-20/h1-4,6,8,10-12,14,19-20H,5,7,9,13H2;2-3,5-6,8-10,12,15,18-19H,4,7,11,13H2,1H3;2*2,4,6-9,11-12,15,18-19H,3,5,10,13H2,1H3. The van der Waals surface area contributed by atoms with Crippen molar-refractivity contribution in [2.45, 2.75) is 146 Å². The van der Waals surface area contributed by atoms with E-state index < -0.39 is 5.82 Å². The van der Waals surface area contributed by atoms with Crippen LogP contribution < -0.4 is 18.9 Å². The Kier molecular flexibility index (Phi) is 26.2. The van der Waals surface area contributed by atoms with Crippen LogP contribution >= 0.6 is 63.7 Å². The van der Waals surface area contributed by atoms with Crippen molar-refractivity contribution in [2.75, 3.05) is 26.2 Å². The number of nitrogens with zero attached hydrogens (tertiary/aromatic N) is 19. The lowest BCUT2D eigenvalue weighted by molar-refractivity contribution is -0.0316. The molecule has 12 atom stereocenters. The Hall–Kier alpha value is -11.5. The van der Waals surface area contributed by atoms with E-state index in [1.807, 2.05) is 125 Å². The number of hydrogen-bond acceptors (Lipinski definition) is 23. The second-order valence-electron chi connectivity index (χ2n) is 32.4. The topological polar surface area (TPSA) is 312 Å². The van der Waals surface area contributed by atoms with E-state index in [-0.39, 0.29) is 72.2 Å². The monoisotopic (exact) mass is 1920 g/mol. The van der Waals surface area contributed by atoms with E-state index in [1.54, 1.807) is 105 Å². The lowest BCUT2D eigenvalue weighted by Crippen LogP contribution is -2.59. The minimum atomic E-state index is -0.512. The molecule has 12 unspecified atom stereocenters. The Morgan fingerprint density at radius 2 is 0.710 bits per heavy atom. The van der Waals surface area contributed by atoms with Gasteiger partial charge in [0.1, 0.15) is 41.5 Å². The Balaban J connectivity index is 0.000000117. The van der Waals surface area contributed by atoms with Gasteiger partial charge in [0, 0.05) is 154 Å². The molecule has 8 aliphatic heterocycles. The number of hydrogen-bond donors (Lipinski definition) is 0. The van der Waals surface area contributed by atoms with Gasteiger partial charge in [0.25, 0.3) is 23.6 Å². The zero-order valence-electron chi connectivity index (χ0n) is 67.9. The van der Waals surface area contributed by atoms with E-state index in [4.69, 9.17) is 18.9 Å². The van der Waals surface area contributed by atoms with Crippen molar-refractivity contribution in [2.24, 2.45) is 23.7 Å². The molecule has 4 saturated carbocycles. The number of rotatable bonds is 16. The largest absolute Gasteiger partial charge is 0.472 e. The number of piperidine rings is 8. The fourth-order valence-corrected chi connectivity index (χ4v) is 19.2. The van der Waals surface area contributed by atoms with Crippen LogP contribution in [0, 0.1) is 50.3 Å². The smallest absolute Gasteiger partial charge is 0.273 e. The highest BCUT2D eigenvalue weighted by atomic mass is 79.9. The third-order valence-electron chi connectivity index (χ3n) is 23.9. The van der Waals surface area contributed by atoms with Crippen molar-refractivity contribution in [3.63, 3.8) is 0 Å². The Bertz CT molecular complexity index is 5610. The van der Waals surface area contributed by atoms with Gasteiger partial charge in [0.15, 0.2) is 29.1 Å². The summed E-state index contributed by atoms with van der Waals surface area (Å²) in [6.07, 6.45) is 34.1. The van der Waals surface area contributed by atoms with Gasteiger partial charge in [0.2, 0.25) is 23.5 Å². The average Bonchev–Trinajstić information content (AvgIpc) is 0.779. The quantitative estimate of drug-likeness (QED) is 0.0867. The van der Waals surface area contributed by atoms with Gasteiger partial charge in [-0.05, 0) is 269 Å². The van der Waals surface area contributed by atoms with E-state index in [2.05, 4.69) is 138 Å². The normalized spacial score (nSPS) is 22.4. The molecular weight excluding hydrogens is 1840 g/mol. The molecule has 0 N–H and O–H groups in total. The lowest BCUT2D eigenvalue weighted by Gasteiger charge is -2.49. The molecule has 12 aliphatic rings. The lowest BCUT2D eigenvalue weighted by atomic mass is 9.77. The predicted molar refractivity (Wildman–Crippen MR) is 472 cm³/mol. The van der Waals surface area contributed by atoms with Crippen LogP contribution in [0.15, 0.2) is 220 Å². The van der Waals surface area contributed by atoms with E-state index >= 15 is 0 Å². The zero-order chi connectivity index (χ0) is 85.5. The molecule has 124 heavy (non-hydrogen) atoms. The van der Waals surface area contributed by atoms with Crippen LogP contribution in [0.3, 0.4) is 0 Å². The third kappa shape index (κ3) is 19.5. The fraction of sp³-hybridized carbons (Fsp3) is 0.337. The van der Waals surface area contributed by atoms with Gasteiger partial charge in [-0.2, -0.15) is 0 Å². The molecule has 12 aromatic rings. The van der Waals surface area contributed by atoms with E-state index in [0.717, 1.165) is 144 Å². The number of fused-ring (bicyclic) bond motifs is 12. The molecule has 0 spiro atoms. The third-order valence-corrected chi connectivity index (χ3v) is 25.8. The molecule has 0 radical (unpaired) electrons. The van der Waals surface area contributed by atoms with Gasteiger partial charge >= 0.3 is 0 Å². The second-order valence-corrected chi connectivity index (χ2v) is 36.0. The first-order valence-corrected chi connectivity index (χ1v) is 44.7. The number of pyridine rings is 7. The predicted octanol–water partition coefficient (Wildman–Crippen LogP) is 16.7. The van der Waals surface area contributed by atoms with Crippen LogP contribution in [0.5, 0.6) is 23.5 Å². The summed E-state index contributed by atoms with van der Waals surface area (Å²) in [5, 5.41) is 0. The van der Waals surface area contributed by atoms with Crippen LogP contribution in [-0.2, 0) is 0 Å². The number of ether oxygens (including phenoxy) is 4. The summed E-state index contributed by atoms with van der Waals surface area (Å²) in [5.41, 5.74) is 6.97. The molecule has 8 bridgehead atoms. The van der Waals surface area contributed by atoms with Gasteiger partial charge in [-0.15, -0.1) is 0 Å². The minimum Gasteiger partial charge on any atom is -0.472 e. The first-order chi connectivity index (χ1) is 60.3. The second kappa shape index (κ2) is 38.3. The highest BCUT2D eigenvalue weighted by Crippen LogP contribution is 2.44. The molecule has 11 aromatic heterocycles. The zero-order valence-corrected chi connectivity index (χ0v) is 74.3. The number of carbonyl (C=O) groups excluding carboxylic acids is 4. The fourth-order valence-electron chi connectivity index (χ4n) is 18.2. The van der Waals surface area contributed by atoms with Gasteiger partial charge in [-0.3, -0.25) is 29.1 Å². The van der Waals surface area contributed by atoms with Crippen molar-refractivity contribution in [1.29, 1.82) is 0 Å². The van der Waals surface area contributed by atoms with Gasteiger partial charge < -0.3 is 38.5 Å². The molecule has 24 rings (SSSR count). The van der Waals surface area contributed by atoms with Crippen LogP contribution in [0.2, 0.25) is 0 Å². The summed E-state index contributed by atoms with van der Waals surface area (Å²) in [4.78, 5) is 128. The molecule has 8 saturated heterocycles. The molecule has 32 heteroatoms. The van der Waals surface area contributed by atoms with Crippen LogP contribution in [0.25, 0.3) is 45.7 Å². The van der Waals surface area contributed by atoms with Gasteiger partial charge in [0.05, 0.1) is 58.8 Å². The SMILES string of the molecule is Cc1ccc(-c2ncccn2)c(C(=O)N2CC3CCC2C(Oc2ccc(Br)cn2)C3)n1.Cc1cnc(-c2ncccn2)c(C(=O)N2CC3CCC2C(Oc2ccc(Br)cn2)C3)c1.Cc1cnc(C(=O)N2CC3CCC2C(Oc2ccc(Br)cn2)C3)c(-c2ncccn2)c1.O=C(c1ccccc1-c1ncc(F)cn1)N1CC2CCC1C(Oc1ccc(Br)cn1)C2. The van der Waals surface area contributed by atoms with Gasteiger partial charge in [-0.1, -0.05) is 18.2 Å². The van der Waals surface area contributed by atoms with Crippen LogP contribution in [0.1, 0.15) is 136 Å². The summed E-state index contributed by atoms with van der Waals surface area (Å²) in [6, 6.07) is 35.1. The highest BCUT2D eigenvalue weighted by molar-refractivity contribution is 9.11. The maximum Gasteiger partial charge on any atom is 0.273 e. The molecule has 4 amide bonds. The Morgan fingerprint density at radius 1 is 0.339 bits per heavy atom. The maximum atomic E-state index is 13.7. The highest BCUT2D eigenvalue weighted by Gasteiger charge is 2.50. The molecule has 1 aromatic carbocycles. The summed E-state index contributed by atoms with van der Waals surface area (Å²) in [6.45, 7) is 8.66. The van der Waals surface area contributed by atoms with Crippen LogP contribution in [-0.4, -0.2) is 193 Å². The summed E-state index contributed by atoms with van der Waals surface area (Å²) < 4.78 is 41.8. The Labute approximate surface area is 749 Å². The van der Waals surface area contributed by atoms with Crippen molar-refractivity contribution in [1.82, 2.24) is 94.4 Å². The van der Waals surface area contributed by atoms with Gasteiger partial charge in [-0.25, -0.2) is 69.2 Å². The van der Waals surface area contributed by atoms with E-state index in [9.17, 15) is 23.6 Å². The average molecular weight is 1920 g/mol. The summed E-state index contributed by atoms with van der Waals surface area (Å²) in [5.74, 6) is 4.97. The number of aryl methyl sites for hydroxylation is 3. The van der Waals surface area contributed by atoms with E-state index in [0.29, 0.717) is 122 Å². The Morgan fingerprint density at radius 3 is 1.13 bits per heavy atom. The molecule has 4 aliphatic carbocycles. The maximum absolute atomic E-state index is 13.7. The van der Waals surface area contributed by atoms with Crippen molar-refractivity contribution < 1.29 is 42.5 Å². The number of aromatic nitrogens is 15. The molecule has 632 valence electrons. The first-order valence-electron chi connectivity index (χ1n) is 41.5. The summed E-state index contributed by atoms with van der Waals surface area (Å²) >= 11 is 13.6.